The summed E-state index contributed by atoms with van der Waals surface area (Å²) in [7, 11) is 0. The normalized spacial score (nSPS) is 13.1. The fraction of sp³-hybridized carbons (Fsp3) is 0.571. The van der Waals surface area contributed by atoms with Crippen molar-refractivity contribution < 1.29 is 30.6 Å². The molecule has 6 nitrogen and oxygen atoms in total. The van der Waals surface area contributed by atoms with Crippen LogP contribution in [0.3, 0.4) is 0 Å². The summed E-state index contributed by atoms with van der Waals surface area (Å²) in [6.45, 7) is 4.36. The lowest BCUT2D eigenvalue weighted by Gasteiger charge is -2.28. The molecule has 2 aromatic rings. The number of phenols is 6. The number of hydrogen-bond acceptors (Lipinski definition) is 6. The maximum Gasteiger partial charge on any atom is 0.200 e. The van der Waals surface area contributed by atoms with E-state index in [-0.39, 0.29) is 34.8 Å². The minimum absolute atomic E-state index is 0.249. The Morgan fingerprint density at radius 3 is 1.21 bits per heavy atom. The molecular formula is C28H42O6. The standard InChI is InChI=1S/C28H42O6/c1-3-5-7-8-10-12-22(14-20-17-25(31)28(34)26(32)18-20)21(11-9-6-4-2)13-19-15-23(29)27(33)24(30)16-19/h15-18,21-22,29-34H,3-14H2,1-2H3/t21-,22-/m1/s1. The number of unbranched alkanes of at least 4 members (excludes halogenated alkanes) is 6. The predicted molar refractivity (Wildman–Crippen MR) is 135 cm³/mol. The second kappa shape index (κ2) is 13.8. The van der Waals surface area contributed by atoms with Crippen LogP contribution in [0, 0.1) is 11.8 Å². The molecule has 0 amide bonds. The van der Waals surface area contributed by atoms with Crippen LogP contribution >= 0.6 is 0 Å². The molecule has 0 aliphatic rings. The van der Waals surface area contributed by atoms with E-state index in [1.165, 1.54) is 43.5 Å². The van der Waals surface area contributed by atoms with Crippen LogP contribution in [0.4, 0.5) is 0 Å². The molecule has 6 N–H and O–H groups in total. The maximum atomic E-state index is 10.0. The number of phenolic OH excluding ortho intramolecular Hbond substituents is 6. The van der Waals surface area contributed by atoms with Gasteiger partial charge in [0.25, 0.3) is 0 Å². The van der Waals surface area contributed by atoms with Crippen LogP contribution in [-0.4, -0.2) is 30.6 Å². The van der Waals surface area contributed by atoms with E-state index in [4.69, 9.17) is 0 Å². The molecule has 34 heavy (non-hydrogen) atoms. The Bertz CT molecular complexity index is 848. The van der Waals surface area contributed by atoms with Crippen molar-refractivity contribution in [1.29, 1.82) is 0 Å². The van der Waals surface area contributed by atoms with Crippen molar-refractivity contribution in [2.45, 2.75) is 90.9 Å². The Morgan fingerprint density at radius 1 is 0.500 bits per heavy atom. The number of rotatable bonds is 15. The molecule has 0 aliphatic carbocycles. The molecule has 0 saturated heterocycles. The van der Waals surface area contributed by atoms with Crippen molar-refractivity contribution in [3.63, 3.8) is 0 Å². The molecule has 0 aliphatic heterocycles. The first-order valence-corrected chi connectivity index (χ1v) is 12.7. The summed E-state index contributed by atoms with van der Waals surface area (Å²) in [6, 6.07) is 6.05. The second-order valence-electron chi connectivity index (χ2n) is 9.59. The van der Waals surface area contributed by atoms with Crippen molar-refractivity contribution in [2.24, 2.45) is 11.8 Å². The van der Waals surface area contributed by atoms with Gasteiger partial charge in [-0.2, -0.15) is 0 Å². The summed E-state index contributed by atoms with van der Waals surface area (Å²) < 4.78 is 0. The largest absolute Gasteiger partial charge is 0.504 e. The molecule has 2 atom stereocenters. The van der Waals surface area contributed by atoms with Crippen LogP contribution in [0.1, 0.15) is 89.2 Å². The fourth-order valence-corrected chi connectivity index (χ4v) is 4.84. The molecule has 0 bridgehead atoms. The van der Waals surface area contributed by atoms with Crippen LogP contribution < -0.4 is 0 Å². The Hall–Kier alpha value is -2.76. The van der Waals surface area contributed by atoms with E-state index >= 15 is 0 Å². The van der Waals surface area contributed by atoms with E-state index in [1.807, 2.05) is 0 Å². The first-order valence-electron chi connectivity index (χ1n) is 12.7. The molecule has 0 radical (unpaired) electrons. The van der Waals surface area contributed by atoms with Gasteiger partial charge in [0, 0.05) is 0 Å². The van der Waals surface area contributed by atoms with Crippen molar-refractivity contribution in [1.82, 2.24) is 0 Å². The van der Waals surface area contributed by atoms with Crippen molar-refractivity contribution in [3.05, 3.63) is 35.4 Å². The Balaban J connectivity index is 2.29. The Morgan fingerprint density at radius 2 is 0.824 bits per heavy atom. The predicted octanol–water partition coefficient (Wildman–Crippen LogP) is 6.88. The SMILES string of the molecule is CCCCCCC[C@H](Cc1cc(O)c(O)c(O)c1)[C@H](CCCCC)Cc1cc(O)c(O)c(O)c1. The van der Waals surface area contributed by atoms with Crippen LogP contribution in [0.25, 0.3) is 0 Å². The van der Waals surface area contributed by atoms with E-state index in [2.05, 4.69) is 13.8 Å². The molecule has 2 rings (SSSR count). The maximum absolute atomic E-state index is 10.0. The van der Waals surface area contributed by atoms with Gasteiger partial charge in [-0.15, -0.1) is 0 Å². The number of benzene rings is 2. The summed E-state index contributed by atoms with van der Waals surface area (Å²) in [5.41, 5.74) is 1.53. The summed E-state index contributed by atoms with van der Waals surface area (Å²) in [5, 5.41) is 59.5. The van der Waals surface area contributed by atoms with Crippen molar-refractivity contribution in [2.75, 3.05) is 0 Å². The summed E-state index contributed by atoms with van der Waals surface area (Å²) in [6.07, 6.45) is 12.4. The molecule has 0 heterocycles. The first kappa shape index (κ1) is 27.5. The van der Waals surface area contributed by atoms with Gasteiger partial charge in [0.1, 0.15) is 0 Å². The van der Waals surface area contributed by atoms with Gasteiger partial charge in [-0.05, 0) is 72.9 Å². The van der Waals surface area contributed by atoms with Gasteiger partial charge in [-0.25, -0.2) is 0 Å². The molecule has 0 saturated carbocycles. The smallest absolute Gasteiger partial charge is 0.200 e. The van der Waals surface area contributed by atoms with E-state index in [9.17, 15) is 30.6 Å². The number of hydrogen-bond donors (Lipinski definition) is 6. The van der Waals surface area contributed by atoms with Crippen LogP contribution in [0.2, 0.25) is 0 Å². The quantitative estimate of drug-likeness (QED) is 0.124. The molecule has 2 aromatic carbocycles. The van der Waals surface area contributed by atoms with E-state index < -0.39 is 11.5 Å². The van der Waals surface area contributed by atoms with E-state index in [0.717, 1.165) is 56.1 Å². The Kier molecular flexibility index (Phi) is 11.2. The third kappa shape index (κ3) is 8.23. The van der Waals surface area contributed by atoms with Gasteiger partial charge in [-0.1, -0.05) is 65.2 Å². The highest BCUT2D eigenvalue weighted by Gasteiger charge is 2.24. The van der Waals surface area contributed by atoms with Gasteiger partial charge in [0.05, 0.1) is 0 Å². The van der Waals surface area contributed by atoms with Gasteiger partial charge >= 0.3 is 0 Å². The van der Waals surface area contributed by atoms with Crippen molar-refractivity contribution in [3.8, 4) is 34.5 Å². The zero-order valence-corrected chi connectivity index (χ0v) is 20.6. The molecular weight excluding hydrogens is 432 g/mol. The molecule has 190 valence electrons. The minimum Gasteiger partial charge on any atom is -0.504 e. The molecule has 0 aromatic heterocycles. The second-order valence-corrected chi connectivity index (χ2v) is 9.59. The van der Waals surface area contributed by atoms with Crippen molar-refractivity contribution >= 4 is 0 Å². The van der Waals surface area contributed by atoms with Crippen LogP contribution in [0.5, 0.6) is 34.5 Å². The summed E-state index contributed by atoms with van der Waals surface area (Å²) in [5.74, 6) is -1.82. The molecule has 0 fully saturated rings. The van der Waals surface area contributed by atoms with Gasteiger partial charge in [-0.3, -0.25) is 0 Å². The fourth-order valence-electron chi connectivity index (χ4n) is 4.84. The zero-order valence-electron chi connectivity index (χ0n) is 20.6. The molecule has 0 spiro atoms. The summed E-state index contributed by atoms with van der Waals surface area (Å²) in [4.78, 5) is 0. The molecule has 0 unspecified atom stereocenters. The highest BCUT2D eigenvalue weighted by Crippen LogP contribution is 2.40. The van der Waals surface area contributed by atoms with Crippen LogP contribution in [-0.2, 0) is 12.8 Å². The topological polar surface area (TPSA) is 121 Å². The number of aromatic hydroxyl groups is 6. The Labute approximate surface area is 203 Å². The summed E-state index contributed by atoms with van der Waals surface area (Å²) >= 11 is 0. The zero-order chi connectivity index (χ0) is 25.1. The van der Waals surface area contributed by atoms with Crippen LogP contribution in [0.15, 0.2) is 24.3 Å². The third-order valence-corrected chi connectivity index (χ3v) is 6.78. The highest BCUT2D eigenvalue weighted by molar-refractivity contribution is 5.52. The lowest BCUT2D eigenvalue weighted by Crippen LogP contribution is -2.20. The lowest BCUT2D eigenvalue weighted by atomic mass is 9.77. The average molecular weight is 475 g/mol. The van der Waals surface area contributed by atoms with E-state index in [0.29, 0.717) is 12.8 Å². The monoisotopic (exact) mass is 474 g/mol. The average Bonchev–Trinajstić information content (AvgIpc) is 2.79. The first-order chi connectivity index (χ1) is 16.3. The lowest BCUT2D eigenvalue weighted by molar-refractivity contribution is 0.273. The molecule has 6 heteroatoms. The highest BCUT2D eigenvalue weighted by atomic mass is 16.3. The van der Waals surface area contributed by atoms with Gasteiger partial charge in [0.2, 0.25) is 0 Å². The van der Waals surface area contributed by atoms with Gasteiger partial charge < -0.3 is 30.6 Å². The van der Waals surface area contributed by atoms with E-state index in [1.54, 1.807) is 0 Å². The minimum atomic E-state index is -0.506. The third-order valence-electron chi connectivity index (χ3n) is 6.78. The van der Waals surface area contributed by atoms with Gasteiger partial charge in [0.15, 0.2) is 34.5 Å².